The summed E-state index contributed by atoms with van der Waals surface area (Å²) in [6.45, 7) is 3.92. The summed E-state index contributed by atoms with van der Waals surface area (Å²) in [6.07, 6.45) is -0.742. The summed E-state index contributed by atoms with van der Waals surface area (Å²) in [6, 6.07) is -1.02. The van der Waals surface area contributed by atoms with Gasteiger partial charge in [-0.2, -0.15) is 0 Å². The van der Waals surface area contributed by atoms with Crippen LogP contribution in [0.2, 0.25) is 0 Å². The van der Waals surface area contributed by atoms with Gasteiger partial charge < -0.3 is 35.4 Å². The molecule has 2 aliphatic heterocycles. The number of β-lactam (4-membered cyclic amide) rings is 1. The van der Waals surface area contributed by atoms with E-state index in [2.05, 4.69) is 20.8 Å². The quantitative estimate of drug-likeness (QED) is 0.117. The number of oxime groups is 1. The molecule has 0 bridgehead atoms. The lowest BCUT2D eigenvalue weighted by Crippen LogP contribution is -2.71. The summed E-state index contributed by atoms with van der Waals surface area (Å²) in [7, 11) is 2.62. The van der Waals surface area contributed by atoms with Crippen LogP contribution >= 0.6 is 23.1 Å². The molecule has 17 heteroatoms. The van der Waals surface area contributed by atoms with Gasteiger partial charge in [0.15, 0.2) is 10.8 Å². The number of rotatable bonds is 9. The van der Waals surface area contributed by atoms with E-state index in [1.165, 1.54) is 31.3 Å². The van der Waals surface area contributed by atoms with Gasteiger partial charge in [0.25, 0.3) is 11.8 Å². The zero-order valence-electron chi connectivity index (χ0n) is 21.8. The maximum absolute atomic E-state index is 13.2. The van der Waals surface area contributed by atoms with Crippen molar-refractivity contribution >= 4 is 63.8 Å². The van der Waals surface area contributed by atoms with Crippen molar-refractivity contribution < 1.29 is 43.0 Å². The number of carbonyl (C=O) groups excluding carboxylic acids is 5. The number of hydrogen-bond acceptors (Lipinski definition) is 14. The molecular formula is C22H28N6O9S2. The Morgan fingerprint density at radius 2 is 1.95 bits per heavy atom. The van der Waals surface area contributed by atoms with Crippen LogP contribution in [0.1, 0.15) is 26.5 Å². The van der Waals surface area contributed by atoms with Crippen molar-refractivity contribution in [3.8, 4) is 0 Å². The highest BCUT2D eigenvalue weighted by Gasteiger charge is 2.55. The monoisotopic (exact) mass is 584 g/mol. The normalized spacial score (nSPS) is 18.9. The molecule has 1 aromatic rings. The second kappa shape index (κ2) is 12.3. The Labute approximate surface area is 231 Å². The van der Waals surface area contributed by atoms with Crippen LogP contribution < -0.4 is 16.4 Å². The molecule has 0 saturated carbocycles. The van der Waals surface area contributed by atoms with Crippen molar-refractivity contribution in [3.05, 3.63) is 22.3 Å². The molecule has 15 nitrogen and oxygen atoms in total. The SMILES string of the molecule is CNC(=O)OCC1=C(C(=O)OCOC(=O)C(C)(C)C)N2C(=O)[C@@H](NC(=O)/C(=N\OC)c3csc(N)n3)[C@H]2SC1. The number of anilines is 1. The molecule has 3 heterocycles. The molecule has 1 aromatic heterocycles. The number of aromatic nitrogens is 1. The molecule has 212 valence electrons. The van der Waals surface area contributed by atoms with Crippen molar-refractivity contribution in [2.24, 2.45) is 10.6 Å². The molecule has 3 amide bonds. The Kier molecular flexibility index (Phi) is 9.39. The molecule has 1 fully saturated rings. The molecule has 1 saturated heterocycles. The lowest BCUT2D eigenvalue weighted by molar-refractivity contribution is -0.173. The Morgan fingerprint density at radius 3 is 2.54 bits per heavy atom. The number of fused-ring (bicyclic) bond motifs is 1. The maximum atomic E-state index is 13.2. The van der Waals surface area contributed by atoms with Crippen LogP contribution in [-0.2, 0) is 38.2 Å². The van der Waals surface area contributed by atoms with Crippen molar-refractivity contribution in [1.82, 2.24) is 20.5 Å². The standard InChI is InChI=1S/C22H28N6O9S2/c1-22(2,3)19(32)37-9-36-18(31)14-10(6-35-21(33)24-4)7-38-17-13(16(30)28(14)17)26-15(29)12(27-34-5)11-8-39-20(23)25-11/h8,13,17H,6-7,9H2,1-5H3,(H2,23,25)(H,24,33)(H,26,29)/b27-12-/t13-,17-/m1/s1. The number of nitrogen functional groups attached to an aromatic ring is 1. The number of esters is 2. The predicted octanol–water partition coefficient (Wildman–Crippen LogP) is 0.176. The number of thioether (sulfide) groups is 1. The molecule has 2 aliphatic rings. The third-order valence-corrected chi connectivity index (χ3v) is 7.28. The van der Waals surface area contributed by atoms with Gasteiger partial charge in [-0.1, -0.05) is 5.16 Å². The summed E-state index contributed by atoms with van der Waals surface area (Å²) < 4.78 is 15.2. The number of ether oxygens (including phenoxy) is 3. The second-order valence-electron chi connectivity index (χ2n) is 9.06. The Morgan fingerprint density at radius 1 is 1.23 bits per heavy atom. The fourth-order valence-corrected chi connectivity index (χ4v) is 5.21. The molecule has 3 rings (SSSR count). The molecule has 0 aliphatic carbocycles. The van der Waals surface area contributed by atoms with Gasteiger partial charge in [0.2, 0.25) is 6.79 Å². The van der Waals surface area contributed by atoms with Gasteiger partial charge in [-0.05, 0) is 20.8 Å². The molecule has 2 atom stereocenters. The van der Waals surface area contributed by atoms with Crippen LogP contribution in [0, 0.1) is 5.41 Å². The number of amides is 3. The average molecular weight is 585 g/mol. The molecule has 0 aromatic carbocycles. The van der Waals surface area contributed by atoms with Gasteiger partial charge in [-0.15, -0.1) is 23.1 Å². The number of hydrogen-bond donors (Lipinski definition) is 3. The van der Waals surface area contributed by atoms with E-state index in [-0.39, 0.29) is 34.6 Å². The zero-order chi connectivity index (χ0) is 28.9. The van der Waals surface area contributed by atoms with Gasteiger partial charge in [0.05, 0.1) is 5.41 Å². The fraction of sp³-hybridized carbons (Fsp3) is 0.500. The number of carbonyl (C=O) groups is 5. The Hall–Kier alpha value is -3.86. The first-order valence-corrected chi connectivity index (χ1v) is 13.3. The first-order valence-electron chi connectivity index (χ1n) is 11.4. The molecule has 0 radical (unpaired) electrons. The highest BCUT2D eigenvalue weighted by atomic mass is 32.2. The van der Waals surface area contributed by atoms with Crippen molar-refractivity contribution in [1.29, 1.82) is 0 Å². The molecule has 0 unspecified atom stereocenters. The van der Waals surface area contributed by atoms with E-state index in [1.807, 2.05) is 0 Å². The summed E-state index contributed by atoms with van der Waals surface area (Å²) in [5.41, 5.74) is 4.94. The summed E-state index contributed by atoms with van der Waals surface area (Å²) >= 11 is 2.33. The van der Waals surface area contributed by atoms with Gasteiger partial charge >= 0.3 is 18.0 Å². The van der Waals surface area contributed by atoms with E-state index in [0.29, 0.717) is 5.57 Å². The van der Waals surface area contributed by atoms with Gasteiger partial charge in [-0.3, -0.25) is 19.3 Å². The zero-order valence-corrected chi connectivity index (χ0v) is 23.4. The smallest absolute Gasteiger partial charge is 0.407 e. The third kappa shape index (κ3) is 6.78. The van der Waals surface area contributed by atoms with E-state index >= 15 is 0 Å². The lowest BCUT2D eigenvalue weighted by Gasteiger charge is -2.49. The van der Waals surface area contributed by atoms with Crippen LogP contribution in [0.25, 0.3) is 0 Å². The number of nitrogens with two attached hydrogens (primary N) is 1. The van der Waals surface area contributed by atoms with E-state index in [4.69, 9.17) is 24.8 Å². The Bertz CT molecular complexity index is 1220. The van der Waals surface area contributed by atoms with E-state index in [9.17, 15) is 24.0 Å². The summed E-state index contributed by atoms with van der Waals surface area (Å²) in [5, 5.41) is 9.62. The van der Waals surface area contributed by atoms with Crippen LogP contribution in [0.5, 0.6) is 0 Å². The van der Waals surface area contributed by atoms with Gasteiger partial charge in [0.1, 0.15) is 36.5 Å². The highest BCUT2D eigenvalue weighted by molar-refractivity contribution is 8.00. The minimum atomic E-state index is -1.02. The lowest BCUT2D eigenvalue weighted by atomic mass is 9.98. The number of nitrogens with one attached hydrogen (secondary N) is 2. The van der Waals surface area contributed by atoms with Crippen LogP contribution in [0.15, 0.2) is 21.8 Å². The predicted molar refractivity (Wildman–Crippen MR) is 139 cm³/mol. The minimum Gasteiger partial charge on any atom is -0.445 e. The first-order chi connectivity index (χ1) is 18.4. The first kappa shape index (κ1) is 29.7. The van der Waals surface area contributed by atoms with Crippen LogP contribution in [0.4, 0.5) is 9.93 Å². The van der Waals surface area contributed by atoms with Gasteiger partial charge in [0, 0.05) is 23.8 Å². The van der Waals surface area contributed by atoms with Crippen molar-refractivity contribution in [2.75, 3.05) is 39.0 Å². The maximum Gasteiger partial charge on any atom is 0.407 e. The van der Waals surface area contributed by atoms with Crippen molar-refractivity contribution in [2.45, 2.75) is 32.2 Å². The number of alkyl carbamates (subject to hydrolysis) is 1. The third-order valence-electron chi connectivity index (χ3n) is 5.26. The second-order valence-corrected chi connectivity index (χ2v) is 11.1. The topological polar surface area (TPSA) is 201 Å². The molecule has 39 heavy (non-hydrogen) atoms. The highest BCUT2D eigenvalue weighted by Crippen LogP contribution is 2.40. The van der Waals surface area contributed by atoms with Crippen LogP contribution in [0.3, 0.4) is 0 Å². The van der Waals surface area contributed by atoms with E-state index < -0.39 is 53.5 Å². The fourth-order valence-electron chi connectivity index (χ4n) is 3.33. The average Bonchev–Trinajstić information content (AvgIpc) is 3.32. The molecular weight excluding hydrogens is 556 g/mol. The van der Waals surface area contributed by atoms with E-state index in [0.717, 1.165) is 16.2 Å². The number of thiazole rings is 1. The van der Waals surface area contributed by atoms with Crippen LogP contribution in [-0.4, -0.2) is 90.2 Å². The molecule has 0 spiro atoms. The summed E-state index contributed by atoms with van der Waals surface area (Å²) in [5.74, 6) is -2.74. The summed E-state index contributed by atoms with van der Waals surface area (Å²) in [4.78, 5) is 72.7. The largest absolute Gasteiger partial charge is 0.445 e. The minimum absolute atomic E-state index is 0.164. The Balaban J connectivity index is 1.78. The number of nitrogens with zero attached hydrogens (tertiary/aromatic N) is 3. The van der Waals surface area contributed by atoms with Crippen molar-refractivity contribution in [3.63, 3.8) is 0 Å². The molecule has 4 N–H and O–H groups in total. The van der Waals surface area contributed by atoms with E-state index in [1.54, 1.807) is 20.8 Å². The van der Waals surface area contributed by atoms with Gasteiger partial charge in [-0.25, -0.2) is 14.6 Å².